The van der Waals surface area contributed by atoms with Gasteiger partial charge in [0.15, 0.2) is 0 Å². The Bertz CT molecular complexity index is 870. The molecule has 0 saturated carbocycles. The standard InChI is InChI=1S/C21H30ClN5O2/c1-7-12-26(20(29)25(5)6)14-19(28)23-18-13-17(21(2,3)4)24-27(18)16-11-9-8-10-15(16)22/h8-11,13H,7,12,14H2,1-6H3,(H,23,28). The number of anilines is 1. The second-order valence-electron chi connectivity index (χ2n) is 8.17. The van der Waals surface area contributed by atoms with E-state index in [9.17, 15) is 9.59 Å². The molecule has 3 amide bonds. The van der Waals surface area contributed by atoms with Crippen LogP contribution in [0.5, 0.6) is 0 Å². The molecule has 29 heavy (non-hydrogen) atoms. The highest BCUT2D eigenvalue weighted by atomic mass is 35.5. The maximum atomic E-state index is 12.8. The van der Waals surface area contributed by atoms with E-state index in [0.717, 1.165) is 12.1 Å². The molecule has 0 spiro atoms. The molecule has 0 bridgehead atoms. The first-order valence-corrected chi connectivity index (χ1v) is 10.0. The molecule has 0 aliphatic rings. The number of carbonyl (C=O) groups is 2. The van der Waals surface area contributed by atoms with Gasteiger partial charge in [-0.25, -0.2) is 9.48 Å². The van der Waals surface area contributed by atoms with E-state index >= 15 is 0 Å². The Morgan fingerprint density at radius 1 is 1.21 bits per heavy atom. The van der Waals surface area contributed by atoms with Gasteiger partial charge in [-0.3, -0.25) is 4.79 Å². The fourth-order valence-corrected chi connectivity index (χ4v) is 3.01. The first-order valence-electron chi connectivity index (χ1n) is 9.66. The number of nitrogens with zero attached hydrogens (tertiary/aromatic N) is 4. The molecule has 0 radical (unpaired) electrons. The molecule has 0 aliphatic heterocycles. The molecule has 0 fully saturated rings. The molecule has 1 aromatic carbocycles. The number of hydrogen-bond donors (Lipinski definition) is 1. The summed E-state index contributed by atoms with van der Waals surface area (Å²) in [5, 5.41) is 8.10. The van der Waals surface area contributed by atoms with Crippen LogP contribution in [0.3, 0.4) is 0 Å². The van der Waals surface area contributed by atoms with Gasteiger partial charge in [0.25, 0.3) is 0 Å². The van der Waals surface area contributed by atoms with E-state index in [0.29, 0.717) is 23.1 Å². The smallest absolute Gasteiger partial charge is 0.319 e. The number of carbonyl (C=O) groups excluding carboxylic acids is 2. The lowest BCUT2D eigenvalue weighted by molar-refractivity contribution is -0.116. The molecule has 1 aromatic heterocycles. The van der Waals surface area contributed by atoms with Crippen molar-refractivity contribution < 1.29 is 9.59 Å². The van der Waals surface area contributed by atoms with E-state index in [4.69, 9.17) is 11.6 Å². The Labute approximate surface area is 177 Å². The first-order chi connectivity index (χ1) is 13.5. The van der Waals surface area contributed by atoms with Crippen molar-refractivity contribution in [2.75, 3.05) is 32.5 Å². The minimum atomic E-state index is -0.290. The van der Waals surface area contributed by atoms with Gasteiger partial charge in [0.2, 0.25) is 5.91 Å². The van der Waals surface area contributed by atoms with Crippen molar-refractivity contribution in [3.8, 4) is 5.69 Å². The molecular weight excluding hydrogens is 390 g/mol. The SMILES string of the molecule is CCCN(CC(=O)Nc1cc(C(C)(C)C)nn1-c1ccccc1Cl)C(=O)N(C)C. The summed E-state index contributed by atoms with van der Waals surface area (Å²) >= 11 is 6.36. The van der Waals surface area contributed by atoms with Crippen LogP contribution in [-0.2, 0) is 10.2 Å². The number of nitrogens with one attached hydrogen (secondary N) is 1. The molecule has 2 aromatic rings. The van der Waals surface area contributed by atoms with Crippen LogP contribution in [0.2, 0.25) is 5.02 Å². The van der Waals surface area contributed by atoms with E-state index in [2.05, 4.69) is 31.2 Å². The Balaban J connectivity index is 2.33. The summed E-state index contributed by atoms with van der Waals surface area (Å²) in [5.74, 6) is 0.226. The van der Waals surface area contributed by atoms with Crippen LogP contribution in [0.25, 0.3) is 5.69 Å². The van der Waals surface area contributed by atoms with Crippen LogP contribution in [0.15, 0.2) is 30.3 Å². The van der Waals surface area contributed by atoms with Crippen LogP contribution in [0.1, 0.15) is 39.8 Å². The zero-order valence-electron chi connectivity index (χ0n) is 18.0. The van der Waals surface area contributed by atoms with Crippen LogP contribution in [0.4, 0.5) is 10.6 Å². The van der Waals surface area contributed by atoms with Crippen molar-refractivity contribution in [3.63, 3.8) is 0 Å². The van der Waals surface area contributed by atoms with E-state index < -0.39 is 0 Å². The van der Waals surface area contributed by atoms with Crippen LogP contribution in [-0.4, -0.2) is 58.7 Å². The number of para-hydroxylation sites is 1. The zero-order valence-corrected chi connectivity index (χ0v) is 18.7. The van der Waals surface area contributed by atoms with Crippen molar-refractivity contribution >= 4 is 29.4 Å². The number of aromatic nitrogens is 2. The quantitative estimate of drug-likeness (QED) is 0.764. The average Bonchev–Trinajstić information content (AvgIpc) is 3.04. The Morgan fingerprint density at radius 2 is 1.86 bits per heavy atom. The second-order valence-corrected chi connectivity index (χ2v) is 8.58. The minimum Gasteiger partial charge on any atom is -0.331 e. The zero-order chi connectivity index (χ0) is 21.8. The molecule has 0 aliphatic carbocycles. The maximum Gasteiger partial charge on any atom is 0.319 e. The molecule has 1 heterocycles. The number of rotatable bonds is 6. The predicted octanol–water partition coefficient (Wildman–Crippen LogP) is 4.16. The van der Waals surface area contributed by atoms with Crippen molar-refractivity contribution in [1.82, 2.24) is 19.6 Å². The van der Waals surface area contributed by atoms with Gasteiger partial charge in [0, 0.05) is 32.1 Å². The number of hydrogen-bond acceptors (Lipinski definition) is 3. The third-order valence-electron chi connectivity index (χ3n) is 4.31. The summed E-state index contributed by atoms with van der Waals surface area (Å²) < 4.78 is 1.64. The van der Waals surface area contributed by atoms with Crippen molar-refractivity contribution in [2.45, 2.75) is 39.5 Å². The maximum absolute atomic E-state index is 12.8. The summed E-state index contributed by atoms with van der Waals surface area (Å²) in [6.07, 6.45) is 0.762. The number of halogens is 1. The highest BCUT2D eigenvalue weighted by molar-refractivity contribution is 6.32. The van der Waals surface area contributed by atoms with Gasteiger partial charge in [-0.15, -0.1) is 0 Å². The third kappa shape index (κ3) is 5.73. The second kappa shape index (κ2) is 9.31. The molecule has 7 nitrogen and oxygen atoms in total. The normalized spacial score (nSPS) is 11.3. The lowest BCUT2D eigenvalue weighted by Gasteiger charge is -2.25. The van der Waals surface area contributed by atoms with Gasteiger partial charge in [0.05, 0.1) is 16.4 Å². The van der Waals surface area contributed by atoms with E-state index in [1.807, 2.05) is 31.2 Å². The van der Waals surface area contributed by atoms with Gasteiger partial charge < -0.3 is 15.1 Å². The molecular formula is C21H30ClN5O2. The van der Waals surface area contributed by atoms with E-state index in [1.165, 1.54) is 9.80 Å². The summed E-state index contributed by atoms with van der Waals surface area (Å²) in [6.45, 7) is 8.59. The average molecular weight is 420 g/mol. The summed E-state index contributed by atoms with van der Waals surface area (Å²) in [4.78, 5) is 28.1. The fraction of sp³-hybridized carbons (Fsp3) is 0.476. The minimum absolute atomic E-state index is 0.0383. The van der Waals surface area contributed by atoms with Crippen LogP contribution in [0, 0.1) is 0 Å². The topological polar surface area (TPSA) is 70.5 Å². The lowest BCUT2D eigenvalue weighted by Crippen LogP contribution is -2.43. The van der Waals surface area contributed by atoms with Crippen molar-refractivity contribution in [2.24, 2.45) is 0 Å². The Morgan fingerprint density at radius 3 is 2.41 bits per heavy atom. The van der Waals surface area contributed by atoms with Gasteiger partial charge >= 0.3 is 6.03 Å². The molecule has 0 atom stereocenters. The summed E-state index contributed by atoms with van der Waals surface area (Å²) in [7, 11) is 3.34. The molecule has 2 rings (SSSR count). The molecule has 0 saturated heterocycles. The largest absolute Gasteiger partial charge is 0.331 e. The summed E-state index contributed by atoms with van der Waals surface area (Å²) in [6, 6.07) is 8.98. The Kier molecular flexibility index (Phi) is 7.30. The van der Waals surface area contributed by atoms with E-state index in [-0.39, 0.29) is 23.9 Å². The van der Waals surface area contributed by atoms with E-state index in [1.54, 1.807) is 24.8 Å². The molecule has 0 unspecified atom stereocenters. The van der Waals surface area contributed by atoms with Gasteiger partial charge in [0.1, 0.15) is 12.4 Å². The monoisotopic (exact) mass is 419 g/mol. The third-order valence-corrected chi connectivity index (χ3v) is 4.63. The molecule has 158 valence electrons. The van der Waals surface area contributed by atoms with Crippen LogP contribution >= 0.6 is 11.6 Å². The Hall–Kier alpha value is -2.54. The summed E-state index contributed by atoms with van der Waals surface area (Å²) in [5.41, 5.74) is 1.29. The predicted molar refractivity (Wildman–Crippen MR) is 117 cm³/mol. The highest BCUT2D eigenvalue weighted by Gasteiger charge is 2.23. The lowest BCUT2D eigenvalue weighted by atomic mass is 9.92. The highest BCUT2D eigenvalue weighted by Crippen LogP contribution is 2.29. The van der Waals surface area contributed by atoms with Gasteiger partial charge in [-0.1, -0.05) is 51.4 Å². The van der Waals surface area contributed by atoms with Crippen molar-refractivity contribution in [1.29, 1.82) is 0 Å². The fourth-order valence-electron chi connectivity index (χ4n) is 2.79. The van der Waals surface area contributed by atoms with Crippen LogP contribution < -0.4 is 5.32 Å². The number of amides is 3. The number of benzene rings is 1. The van der Waals surface area contributed by atoms with Gasteiger partial charge in [-0.2, -0.15) is 5.10 Å². The van der Waals surface area contributed by atoms with Crippen molar-refractivity contribution in [3.05, 3.63) is 41.0 Å². The van der Waals surface area contributed by atoms with Gasteiger partial charge in [-0.05, 0) is 18.6 Å². The first kappa shape index (κ1) is 22.7. The number of urea groups is 1. The molecule has 8 heteroatoms. The molecule has 1 N–H and O–H groups in total.